The minimum absolute atomic E-state index is 0.237. The average Bonchev–Trinajstić information content (AvgIpc) is 2.42. The molecule has 0 heterocycles. The first-order chi connectivity index (χ1) is 9.21. The molecule has 0 aromatic heterocycles. The van der Waals surface area contributed by atoms with Crippen LogP contribution < -0.4 is 10.6 Å². The van der Waals surface area contributed by atoms with Crippen molar-refractivity contribution in [2.45, 2.75) is 26.5 Å². The van der Waals surface area contributed by atoms with Gasteiger partial charge in [0.15, 0.2) is 5.96 Å². The van der Waals surface area contributed by atoms with Crippen LogP contribution in [0, 0.1) is 5.82 Å². The SMILES string of the molecule is CCCNC(=NC)NCc1ccc(F)c(COC)c1. The first kappa shape index (κ1) is 15.4. The lowest BCUT2D eigenvalue weighted by atomic mass is 10.1. The highest BCUT2D eigenvalue weighted by Gasteiger charge is 2.04. The fourth-order valence-electron chi connectivity index (χ4n) is 1.65. The summed E-state index contributed by atoms with van der Waals surface area (Å²) in [5.41, 5.74) is 1.56. The number of rotatable bonds is 6. The van der Waals surface area contributed by atoms with E-state index in [-0.39, 0.29) is 12.4 Å². The second kappa shape index (κ2) is 8.48. The van der Waals surface area contributed by atoms with Gasteiger partial charge in [-0.2, -0.15) is 0 Å². The summed E-state index contributed by atoms with van der Waals surface area (Å²) in [6.45, 7) is 3.85. The summed E-state index contributed by atoms with van der Waals surface area (Å²) < 4.78 is 18.4. The van der Waals surface area contributed by atoms with Crippen molar-refractivity contribution in [3.8, 4) is 0 Å². The van der Waals surface area contributed by atoms with E-state index in [9.17, 15) is 4.39 Å². The number of halogens is 1. The number of ether oxygens (including phenoxy) is 1. The molecule has 1 aromatic carbocycles. The average molecular weight is 267 g/mol. The van der Waals surface area contributed by atoms with Crippen LogP contribution in [-0.4, -0.2) is 26.7 Å². The normalized spacial score (nSPS) is 11.5. The molecule has 0 atom stereocenters. The maximum absolute atomic E-state index is 13.5. The highest BCUT2D eigenvalue weighted by atomic mass is 19.1. The number of hydrogen-bond acceptors (Lipinski definition) is 2. The first-order valence-electron chi connectivity index (χ1n) is 6.42. The molecule has 0 saturated heterocycles. The zero-order valence-corrected chi connectivity index (χ0v) is 11.8. The lowest BCUT2D eigenvalue weighted by molar-refractivity contribution is 0.181. The van der Waals surface area contributed by atoms with Gasteiger partial charge in [-0.1, -0.05) is 13.0 Å². The molecule has 0 unspecified atom stereocenters. The summed E-state index contributed by atoms with van der Waals surface area (Å²) in [6, 6.07) is 5.03. The number of nitrogens with zero attached hydrogens (tertiary/aromatic N) is 1. The van der Waals surface area contributed by atoms with Crippen LogP contribution in [0.5, 0.6) is 0 Å². The third-order valence-electron chi connectivity index (χ3n) is 2.64. The van der Waals surface area contributed by atoms with Crippen LogP contribution in [0.2, 0.25) is 0 Å². The van der Waals surface area contributed by atoms with Gasteiger partial charge in [0.2, 0.25) is 0 Å². The minimum Gasteiger partial charge on any atom is -0.380 e. The molecule has 1 rings (SSSR count). The summed E-state index contributed by atoms with van der Waals surface area (Å²) in [4.78, 5) is 4.11. The monoisotopic (exact) mass is 267 g/mol. The topological polar surface area (TPSA) is 45.7 Å². The van der Waals surface area contributed by atoms with Crippen LogP contribution in [0.3, 0.4) is 0 Å². The van der Waals surface area contributed by atoms with Gasteiger partial charge < -0.3 is 15.4 Å². The first-order valence-corrected chi connectivity index (χ1v) is 6.42. The van der Waals surface area contributed by atoms with Gasteiger partial charge in [-0.05, 0) is 24.1 Å². The Morgan fingerprint density at radius 3 is 2.79 bits per heavy atom. The number of nitrogens with one attached hydrogen (secondary N) is 2. The number of benzene rings is 1. The van der Waals surface area contributed by atoms with Gasteiger partial charge in [0.1, 0.15) is 5.82 Å². The van der Waals surface area contributed by atoms with E-state index >= 15 is 0 Å². The molecule has 4 nitrogen and oxygen atoms in total. The van der Waals surface area contributed by atoms with Gasteiger partial charge >= 0.3 is 0 Å². The molecule has 0 spiro atoms. The summed E-state index contributed by atoms with van der Waals surface area (Å²) in [5, 5.41) is 6.37. The molecule has 0 aliphatic heterocycles. The van der Waals surface area contributed by atoms with Gasteiger partial charge in [-0.15, -0.1) is 0 Å². The molecular weight excluding hydrogens is 245 g/mol. The molecule has 5 heteroatoms. The summed E-state index contributed by atoms with van der Waals surface area (Å²) in [5.74, 6) is 0.513. The van der Waals surface area contributed by atoms with Gasteiger partial charge in [0, 0.05) is 32.8 Å². The van der Waals surface area contributed by atoms with E-state index in [1.807, 2.05) is 0 Å². The zero-order chi connectivity index (χ0) is 14.1. The molecule has 0 saturated carbocycles. The quantitative estimate of drug-likeness (QED) is 0.612. The number of hydrogen-bond donors (Lipinski definition) is 2. The zero-order valence-electron chi connectivity index (χ0n) is 11.8. The highest BCUT2D eigenvalue weighted by Crippen LogP contribution is 2.11. The molecule has 0 bridgehead atoms. The van der Waals surface area contributed by atoms with Gasteiger partial charge in [-0.3, -0.25) is 4.99 Å². The Bertz CT molecular complexity index is 421. The Balaban J connectivity index is 2.59. The Labute approximate surface area is 114 Å². The largest absolute Gasteiger partial charge is 0.380 e. The maximum atomic E-state index is 13.5. The van der Waals surface area contributed by atoms with Crippen LogP contribution in [-0.2, 0) is 17.9 Å². The Hall–Kier alpha value is -1.62. The van der Waals surface area contributed by atoms with Gasteiger partial charge in [0.25, 0.3) is 0 Å². The Morgan fingerprint density at radius 1 is 1.37 bits per heavy atom. The van der Waals surface area contributed by atoms with Crippen LogP contribution in [0.4, 0.5) is 4.39 Å². The van der Waals surface area contributed by atoms with Crippen molar-refractivity contribution in [2.24, 2.45) is 4.99 Å². The van der Waals surface area contributed by atoms with Crippen molar-refractivity contribution in [3.63, 3.8) is 0 Å². The van der Waals surface area contributed by atoms with Crippen molar-refractivity contribution in [1.82, 2.24) is 10.6 Å². The molecule has 0 fully saturated rings. The molecule has 0 aliphatic rings. The van der Waals surface area contributed by atoms with Crippen LogP contribution in [0.1, 0.15) is 24.5 Å². The number of methoxy groups -OCH3 is 1. The van der Waals surface area contributed by atoms with E-state index in [4.69, 9.17) is 4.74 Å². The highest BCUT2D eigenvalue weighted by molar-refractivity contribution is 5.79. The summed E-state index contributed by atoms with van der Waals surface area (Å²) in [7, 11) is 3.28. The van der Waals surface area contributed by atoms with Crippen molar-refractivity contribution < 1.29 is 9.13 Å². The predicted octanol–water partition coefficient (Wildman–Crippen LogP) is 2.05. The standard InChI is InChI=1S/C14H22FN3O/c1-4-7-17-14(16-2)18-9-11-5-6-13(15)12(8-11)10-19-3/h5-6,8H,4,7,9-10H2,1-3H3,(H2,16,17,18). The maximum Gasteiger partial charge on any atom is 0.191 e. The summed E-state index contributed by atoms with van der Waals surface area (Å²) in [6.07, 6.45) is 1.04. The minimum atomic E-state index is -0.237. The van der Waals surface area contributed by atoms with Crippen LogP contribution in [0.15, 0.2) is 23.2 Å². The van der Waals surface area contributed by atoms with Crippen molar-refractivity contribution >= 4 is 5.96 Å². The second-order valence-electron chi connectivity index (χ2n) is 4.21. The molecule has 0 aliphatic carbocycles. The fraction of sp³-hybridized carbons (Fsp3) is 0.500. The van der Waals surface area contributed by atoms with E-state index < -0.39 is 0 Å². The molecule has 0 radical (unpaired) electrons. The van der Waals surface area contributed by atoms with Crippen molar-refractivity contribution in [3.05, 3.63) is 35.1 Å². The third-order valence-corrected chi connectivity index (χ3v) is 2.64. The van der Waals surface area contributed by atoms with E-state index in [2.05, 4.69) is 22.5 Å². The van der Waals surface area contributed by atoms with Crippen LogP contribution >= 0.6 is 0 Å². The van der Waals surface area contributed by atoms with Gasteiger partial charge in [-0.25, -0.2) is 4.39 Å². The molecule has 106 valence electrons. The second-order valence-corrected chi connectivity index (χ2v) is 4.21. The molecule has 19 heavy (non-hydrogen) atoms. The fourth-order valence-corrected chi connectivity index (χ4v) is 1.65. The van der Waals surface area contributed by atoms with E-state index in [1.54, 1.807) is 26.3 Å². The Kier molecular flexibility index (Phi) is 6.89. The molecule has 1 aromatic rings. The van der Waals surface area contributed by atoms with E-state index in [0.717, 1.165) is 24.5 Å². The van der Waals surface area contributed by atoms with Crippen molar-refractivity contribution in [1.29, 1.82) is 0 Å². The lowest BCUT2D eigenvalue weighted by Crippen LogP contribution is -2.37. The van der Waals surface area contributed by atoms with Gasteiger partial charge in [0.05, 0.1) is 6.61 Å². The third kappa shape index (κ3) is 5.26. The number of aliphatic imine (C=N–C) groups is 1. The Morgan fingerprint density at radius 2 is 2.16 bits per heavy atom. The molecular formula is C14H22FN3O. The van der Waals surface area contributed by atoms with E-state index in [0.29, 0.717) is 12.1 Å². The van der Waals surface area contributed by atoms with Crippen molar-refractivity contribution in [2.75, 3.05) is 20.7 Å². The molecule has 2 N–H and O–H groups in total. The van der Waals surface area contributed by atoms with Crippen LogP contribution in [0.25, 0.3) is 0 Å². The predicted molar refractivity (Wildman–Crippen MR) is 75.6 cm³/mol. The lowest BCUT2D eigenvalue weighted by Gasteiger charge is -2.12. The smallest absolute Gasteiger partial charge is 0.191 e. The molecule has 0 amide bonds. The summed E-state index contributed by atoms with van der Waals surface area (Å²) >= 11 is 0. The van der Waals surface area contributed by atoms with E-state index in [1.165, 1.54) is 6.07 Å². The number of guanidine groups is 1.